The number of anilines is 2. The fraction of sp³-hybridized carbons (Fsp3) is 0.467. The summed E-state index contributed by atoms with van der Waals surface area (Å²) >= 11 is 0. The van der Waals surface area contributed by atoms with E-state index in [2.05, 4.69) is 10.6 Å². The number of hydrogen-bond acceptors (Lipinski definition) is 4. The number of amides is 2. The van der Waals surface area contributed by atoms with Crippen LogP contribution in [0.3, 0.4) is 0 Å². The van der Waals surface area contributed by atoms with Crippen LogP contribution < -0.4 is 15.5 Å². The molecule has 2 aliphatic rings. The topological polar surface area (TPSA) is 70.7 Å². The van der Waals surface area contributed by atoms with Crippen molar-refractivity contribution in [3.05, 3.63) is 23.8 Å². The molecule has 0 aliphatic carbocycles. The van der Waals surface area contributed by atoms with Crippen molar-refractivity contribution in [2.24, 2.45) is 0 Å². The zero-order valence-corrected chi connectivity index (χ0v) is 12.0. The summed E-state index contributed by atoms with van der Waals surface area (Å²) < 4.78 is 5.29. The van der Waals surface area contributed by atoms with Gasteiger partial charge in [0.1, 0.15) is 6.04 Å². The smallest absolute Gasteiger partial charge is 0.243 e. The number of nitrogens with zero attached hydrogens (tertiary/aromatic N) is 1. The van der Waals surface area contributed by atoms with E-state index in [1.54, 1.807) is 11.8 Å². The molecule has 3 rings (SSSR count). The van der Waals surface area contributed by atoms with E-state index in [1.165, 1.54) is 0 Å². The molecular weight excluding hydrogens is 270 g/mol. The van der Waals surface area contributed by atoms with Crippen LogP contribution in [0.2, 0.25) is 0 Å². The summed E-state index contributed by atoms with van der Waals surface area (Å²) in [6.07, 6.45) is 0.823. The maximum atomic E-state index is 12.1. The Morgan fingerprint density at radius 1 is 1.43 bits per heavy atom. The van der Waals surface area contributed by atoms with Gasteiger partial charge in [0.25, 0.3) is 0 Å². The van der Waals surface area contributed by atoms with Crippen LogP contribution in [0.15, 0.2) is 18.2 Å². The van der Waals surface area contributed by atoms with Crippen LogP contribution >= 0.6 is 0 Å². The molecular formula is C15H19N3O3. The highest BCUT2D eigenvalue weighted by molar-refractivity contribution is 5.97. The lowest BCUT2D eigenvalue weighted by molar-refractivity contribution is -0.120. The van der Waals surface area contributed by atoms with Crippen LogP contribution in [0.25, 0.3) is 0 Å². The van der Waals surface area contributed by atoms with E-state index in [9.17, 15) is 9.59 Å². The molecule has 112 valence electrons. The van der Waals surface area contributed by atoms with E-state index >= 15 is 0 Å². The van der Waals surface area contributed by atoms with Crippen LogP contribution in [0, 0.1) is 0 Å². The molecule has 0 aromatic heterocycles. The van der Waals surface area contributed by atoms with Crippen LogP contribution in [0.1, 0.15) is 12.5 Å². The molecule has 6 heteroatoms. The maximum absolute atomic E-state index is 12.1. The summed E-state index contributed by atoms with van der Waals surface area (Å²) in [5.41, 5.74) is 2.80. The van der Waals surface area contributed by atoms with Gasteiger partial charge in [-0.15, -0.1) is 0 Å². The first-order chi connectivity index (χ1) is 10.1. The van der Waals surface area contributed by atoms with Gasteiger partial charge in [-0.2, -0.15) is 0 Å². The van der Waals surface area contributed by atoms with Gasteiger partial charge in [0, 0.05) is 31.4 Å². The highest BCUT2D eigenvalue weighted by Gasteiger charge is 2.24. The minimum Gasteiger partial charge on any atom is -0.378 e. The van der Waals surface area contributed by atoms with E-state index in [4.69, 9.17) is 4.74 Å². The van der Waals surface area contributed by atoms with Crippen LogP contribution in [-0.4, -0.2) is 44.2 Å². The van der Waals surface area contributed by atoms with Crippen LogP contribution in [0.4, 0.5) is 11.4 Å². The standard InChI is InChI=1S/C15H19N3O3/c1-10(19)18-6-4-11-8-12(2-3-14(11)18)17-15(20)13-9-21-7-5-16-13/h2-3,8,13,16H,4-7,9H2,1H3,(H,17,20). The minimum absolute atomic E-state index is 0.0501. The van der Waals surface area contributed by atoms with Gasteiger partial charge < -0.3 is 20.3 Å². The molecule has 0 saturated carbocycles. The van der Waals surface area contributed by atoms with Crippen molar-refractivity contribution >= 4 is 23.2 Å². The third-order valence-electron chi connectivity index (χ3n) is 3.86. The fourth-order valence-corrected chi connectivity index (χ4v) is 2.77. The van der Waals surface area contributed by atoms with Gasteiger partial charge in [-0.3, -0.25) is 9.59 Å². The number of rotatable bonds is 2. The average molecular weight is 289 g/mol. The second-order valence-corrected chi connectivity index (χ2v) is 5.34. The van der Waals surface area contributed by atoms with E-state index in [0.29, 0.717) is 26.3 Å². The van der Waals surface area contributed by atoms with Gasteiger partial charge in [0.15, 0.2) is 0 Å². The molecule has 0 radical (unpaired) electrons. The molecule has 1 aromatic carbocycles. The Hall–Kier alpha value is -1.92. The largest absolute Gasteiger partial charge is 0.378 e. The molecule has 1 saturated heterocycles. The Bertz CT molecular complexity index is 567. The lowest BCUT2D eigenvalue weighted by Crippen LogP contribution is -2.48. The number of nitrogens with one attached hydrogen (secondary N) is 2. The van der Waals surface area contributed by atoms with Gasteiger partial charge in [-0.05, 0) is 30.2 Å². The van der Waals surface area contributed by atoms with Crippen molar-refractivity contribution in [3.8, 4) is 0 Å². The molecule has 21 heavy (non-hydrogen) atoms. The van der Waals surface area contributed by atoms with Crippen molar-refractivity contribution in [1.29, 1.82) is 0 Å². The van der Waals surface area contributed by atoms with Crippen molar-refractivity contribution in [3.63, 3.8) is 0 Å². The highest BCUT2D eigenvalue weighted by Crippen LogP contribution is 2.30. The molecule has 1 fully saturated rings. The SMILES string of the molecule is CC(=O)N1CCc2cc(NC(=O)C3COCCN3)ccc21. The van der Waals surface area contributed by atoms with E-state index in [0.717, 1.165) is 23.4 Å². The third-order valence-corrected chi connectivity index (χ3v) is 3.86. The molecule has 6 nitrogen and oxygen atoms in total. The first kappa shape index (κ1) is 14.0. The van der Waals surface area contributed by atoms with Crippen LogP contribution in [0.5, 0.6) is 0 Å². The van der Waals surface area contributed by atoms with Gasteiger partial charge >= 0.3 is 0 Å². The van der Waals surface area contributed by atoms with Crippen molar-refractivity contribution in [2.45, 2.75) is 19.4 Å². The minimum atomic E-state index is -0.305. The van der Waals surface area contributed by atoms with Crippen molar-refractivity contribution < 1.29 is 14.3 Å². The monoisotopic (exact) mass is 289 g/mol. The normalized spacial score (nSPS) is 21.0. The van der Waals surface area contributed by atoms with Crippen LogP contribution in [-0.2, 0) is 20.7 Å². The Balaban J connectivity index is 1.70. The molecule has 1 atom stereocenters. The lowest BCUT2D eigenvalue weighted by Gasteiger charge is -2.23. The lowest BCUT2D eigenvalue weighted by atomic mass is 10.1. The molecule has 1 unspecified atom stereocenters. The summed E-state index contributed by atoms with van der Waals surface area (Å²) in [7, 11) is 0. The maximum Gasteiger partial charge on any atom is 0.243 e. The Labute approximate surface area is 123 Å². The molecule has 1 aromatic rings. The first-order valence-corrected chi connectivity index (χ1v) is 7.18. The number of hydrogen-bond donors (Lipinski definition) is 2. The van der Waals surface area contributed by atoms with Gasteiger partial charge in [0.2, 0.25) is 11.8 Å². The quantitative estimate of drug-likeness (QED) is 0.833. The predicted octanol–water partition coefficient (Wildman–Crippen LogP) is 0.523. The molecule has 2 heterocycles. The zero-order chi connectivity index (χ0) is 14.8. The van der Waals surface area contributed by atoms with E-state index < -0.39 is 0 Å². The molecule has 0 spiro atoms. The second kappa shape index (κ2) is 5.83. The van der Waals surface area contributed by atoms with Gasteiger partial charge in [-0.25, -0.2) is 0 Å². The number of carbonyl (C=O) groups is 2. The number of morpholine rings is 1. The second-order valence-electron chi connectivity index (χ2n) is 5.34. The highest BCUT2D eigenvalue weighted by atomic mass is 16.5. The summed E-state index contributed by atoms with van der Waals surface area (Å²) in [6.45, 7) is 4.01. The zero-order valence-electron chi connectivity index (χ0n) is 12.0. The summed E-state index contributed by atoms with van der Waals surface area (Å²) in [6, 6.07) is 5.37. The molecule has 2 aliphatic heterocycles. The Kier molecular flexibility index (Phi) is 3.90. The number of fused-ring (bicyclic) bond motifs is 1. The van der Waals surface area contributed by atoms with Gasteiger partial charge in [-0.1, -0.05) is 0 Å². The summed E-state index contributed by atoms with van der Waals surface area (Å²) in [4.78, 5) is 25.4. The third kappa shape index (κ3) is 2.91. The molecule has 0 bridgehead atoms. The average Bonchev–Trinajstić information content (AvgIpc) is 2.91. The van der Waals surface area contributed by atoms with E-state index in [1.807, 2.05) is 18.2 Å². The van der Waals surface area contributed by atoms with Crippen molar-refractivity contribution in [2.75, 3.05) is 36.5 Å². The Morgan fingerprint density at radius 2 is 2.29 bits per heavy atom. The summed E-state index contributed by atoms with van der Waals surface area (Å²) in [5.74, 6) is -0.0369. The fourth-order valence-electron chi connectivity index (χ4n) is 2.77. The molecule has 2 amide bonds. The Morgan fingerprint density at radius 3 is 3.00 bits per heavy atom. The first-order valence-electron chi connectivity index (χ1n) is 7.18. The van der Waals surface area contributed by atoms with Crippen molar-refractivity contribution in [1.82, 2.24) is 5.32 Å². The predicted molar refractivity (Wildman–Crippen MR) is 79.4 cm³/mol. The summed E-state index contributed by atoms with van der Waals surface area (Å²) in [5, 5.41) is 6.02. The number of benzene rings is 1. The van der Waals surface area contributed by atoms with Gasteiger partial charge in [0.05, 0.1) is 13.2 Å². The molecule has 2 N–H and O–H groups in total. The number of carbonyl (C=O) groups excluding carboxylic acids is 2. The van der Waals surface area contributed by atoms with E-state index in [-0.39, 0.29) is 17.9 Å². The number of ether oxygens (including phenoxy) is 1.